The summed E-state index contributed by atoms with van der Waals surface area (Å²) in [4.78, 5) is 11.5. The molecule has 0 saturated heterocycles. The molecule has 1 aromatic carbocycles. The lowest BCUT2D eigenvalue weighted by Gasteiger charge is -2.23. The molecule has 0 radical (unpaired) electrons. The molecule has 1 aromatic rings. The van der Waals surface area contributed by atoms with Gasteiger partial charge in [-0.15, -0.1) is 0 Å². The van der Waals surface area contributed by atoms with Gasteiger partial charge in [-0.3, -0.25) is 4.79 Å². The number of nitrogens with two attached hydrogens (primary N) is 1. The smallest absolute Gasteiger partial charge is 0.418 e. The quantitative estimate of drug-likeness (QED) is 0.834. The average Bonchev–Trinajstić information content (AvgIpc) is 2.83. The Balaban J connectivity index is 2.46. The minimum absolute atomic E-state index is 0.0826. The molecule has 0 heterocycles. The fraction of sp³-hybridized carbons (Fsp3) is 0.500. The van der Waals surface area contributed by atoms with Gasteiger partial charge in [-0.05, 0) is 30.4 Å². The topological polar surface area (TPSA) is 63.3 Å². The maximum absolute atomic E-state index is 12.8. The molecular weight excluding hydrogens is 271 g/mol. The standard InChI is InChI=1S/C14H16F3NO2/c15-14(16,17)10-7-3-6-9(12(10)18)11(13(19)20)8-4-1-2-5-8/h3,6-8,11H,1-2,4-5,18H2,(H,19,20). The van der Waals surface area contributed by atoms with Gasteiger partial charge in [-0.25, -0.2) is 0 Å². The summed E-state index contributed by atoms with van der Waals surface area (Å²) in [6.45, 7) is 0. The first-order valence-corrected chi connectivity index (χ1v) is 6.50. The molecule has 1 aliphatic carbocycles. The molecule has 20 heavy (non-hydrogen) atoms. The third-order valence-corrected chi connectivity index (χ3v) is 3.92. The van der Waals surface area contributed by atoms with Gasteiger partial charge in [0.25, 0.3) is 0 Å². The molecule has 0 bridgehead atoms. The van der Waals surface area contributed by atoms with Crippen molar-refractivity contribution in [3.8, 4) is 0 Å². The van der Waals surface area contributed by atoms with Gasteiger partial charge < -0.3 is 10.8 Å². The Bertz CT molecular complexity index is 508. The van der Waals surface area contributed by atoms with Crippen molar-refractivity contribution < 1.29 is 23.1 Å². The van der Waals surface area contributed by atoms with E-state index in [4.69, 9.17) is 5.73 Å². The highest BCUT2D eigenvalue weighted by Crippen LogP contribution is 2.43. The summed E-state index contributed by atoms with van der Waals surface area (Å²) in [7, 11) is 0. The third kappa shape index (κ3) is 2.73. The van der Waals surface area contributed by atoms with Gasteiger partial charge in [-0.2, -0.15) is 13.2 Å². The Morgan fingerprint density at radius 2 is 1.90 bits per heavy atom. The van der Waals surface area contributed by atoms with Crippen molar-refractivity contribution in [3.63, 3.8) is 0 Å². The van der Waals surface area contributed by atoms with Crippen molar-refractivity contribution in [2.45, 2.75) is 37.8 Å². The largest absolute Gasteiger partial charge is 0.481 e. The highest BCUT2D eigenvalue weighted by Gasteiger charge is 2.38. The van der Waals surface area contributed by atoms with Crippen molar-refractivity contribution in [1.82, 2.24) is 0 Å². The van der Waals surface area contributed by atoms with Gasteiger partial charge in [-0.1, -0.05) is 25.0 Å². The molecular formula is C14H16F3NO2. The number of aliphatic carboxylic acids is 1. The molecule has 110 valence electrons. The first-order chi connectivity index (χ1) is 9.32. The van der Waals surface area contributed by atoms with E-state index < -0.39 is 29.3 Å². The number of halogens is 3. The Morgan fingerprint density at radius 1 is 1.30 bits per heavy atom. The van der Waals surface area contributed by atoms with Crippen LogP contribution in [0.4, 0.5) is 18.9 Å². The van der Waals surface area contributed by atoms with Gasteiger partial charge in [0.1, 0.15) is 0 Å². The molecule has 6 heteroatoms. The molecule has 2 rings (SSSR count). The highest BCUT2D eigenvalue weighted by atomic mass is 19.4. The lowest BCUT2D eigenvalue weighted by atomic mass is 9.83. The monoisotopic (exact) mass is 287 g/mol. The molecule has 1 aliphatic rings. The first kappa shape index (κ1) is 14.7. The van der Waals surface area contributed by atoms with Crippen LogP contribution in [0.2, 0.25) is 0 Å². The predicted octanol–water partition coefficient (Wildman–Crippen LogP) is 3.65. The van der Waals surface area contributed by atoms with Crippen LogP contribution >= 0.6 is 0 Å². The molecule has 1 unspecified atom stereocenters. The summed E-state index contributed by atoms with van der Waals surface area (Å²) in [6.07, 6.45) is -1.32. The number of alkyl halides is 3. The average molecular weight is 287 g/mol. The second-order valence-corrected chi connectivity index (χ2v) is 5.17. The number of carboxylic acids is 1. The SMILES string of the molecule is Nc1c(C(C(=O)O)C2CCCC2)cccc1C(F)(F)F. The molecule has 0 aromatic heterocycles. The zero-order valence-electron chi connectivity index (χ0n) is 10.8. The summed E-state index contributed by atoms with van der Waals surface area (Å²) in [5.74, 6) is -2.21. The van der Waals surface area contributed by atoms with Gasteiger partial charge >= 0.3 is 12.1 Å². The molecule has 3 N–H and O–H groups in total. The fourth-order valence-electron chi connectivity index (χ4n) is 2.98. The predicted molar refractivity (Wildman–Crippen MR) is 68.2 cm³/mol. The van der Waals surface area contributed by atoms with Crippen LogP contribution in [0.3, 0.4) is 0 Å². The normalized spacial score (nSPS) is 18.1. The Labute approximate surface area is 114 Å². The van der Waals surface area contributed by atoms with E-state index in [-0.39, 0.29) is 11.5 Å². The molecule has 0 amide bonds. The number of carbonyl (C=O) groups is 1. The number of hydrogen-bond donors (Lipinski definition) is 2. The Morgan fingerprint density at radius 3 is 2.40 bits per heavy atom. The van der Waals surface area contributed by atoms with E-state index in [1.54, 1.807) is 0 Å². The minimum atomic E-state index is -4.57. The van der Waals surface area contributed by atoms with Gasteiger partial charge in [0, 0.05) is 5.69 Å². The van der Waals surface area contributed by atoms with Crippen molar-refractivity contribution in [1.29, 1.82) is 0 Å². The molecule has 1 atom stereocenters. The zero-order chi connectivity index (χ0) is 14.9. The van der Waals surface area contributed by atoms with Crippen LogP contribution < -0.4 is 5.73 Å². The van der Waals surface area contributed by atoms with Crippen molar-refractivity contribution in [2.75, 3.05) is 5.73 Å². The van der Waals surface area contributed by atoms with Gasteiger partial charge in [0.05, 0.1) is 11.5 Å². The number of para-hydroxylation sites is 1. The van der Waals surface area contributed by atoms with E-state index in [1.165, 1.54) is 12.1 Å². The summed E-state index contributed by atoms with van der Waals surface area (Å²) in [6, 6.07) is 3.49. The summed E-state index contributed by atoms with van der Waals surface area (Å²) in [5.41, 5.74) is 4.26. The second-order valence-electron chi connectivity index (χ2n) is 5.17. The van der Waals surface area contributed by atoms with Crippen molar-refractivity contribution in [2.24, 2.45) is 5.92 Å². The Hall–Kier alpha value is -1.72. The van der Waals surface area contributed by atoms with Crippen LogP contribution in [-0.2, 0) is 11.0 Å². The fourth-order valence-corrected chi connectivity index (χ4v) is 2.98. The molecule has 0 spiro atoms. The zero-order valence-corrected chi connectivity index (χ0v) is 10.8. The van der Waals surface area contributed by atoms with Crippen molar-refractivity contribution in [3.05, 3.63) is 29.3 Å². The van der Waals surface area contributed by atoms with E-state index in [1.807, 2.05) is 0 Å². The van der Waals surface area contributed by atoms with Crippen LogP contribution in [-0.4, -0.2) is 11.1 Å². The molecule has 1 saturated carbocycles. The van der Waals surface area contributed by atoms with Crippen LogP contribution in [0.5, 0.6) is 0 Å². The van der Waals surface area contributed by atoms with E-state index in [2.05, 4.69) is 0 Å². The number of rotatable bonds is 3. The minimum Gasteiger partial charge on any atom is -0.481 e. The van der Waals surface area contributed by atoms with Crippen LogP contribution in [0.25, 0.3) is 0 Å². The van der Waals surface area contributed by atoms with Gasteiger partial charge in [0.15, 0.2) is 0 Å². The summed E-state index contributed by atoms with van der Waals surface area (Å²) >= 11 is 0. The second kappa shape index (κ2) is 5.34. The summed E-state index contributed by atoms with van der Waals surface area (Å²) < 4.78 is 38.5. The number of carboxylic acid groups (broad SMARTS) is 1. The highest BCUT2D eigenvalue weighted by molar-refractivity contribution is 5.79. The maximum Gasteiger partial charge on any atom is 0.418 e. The number of nitrogen functional groups attached to an aromatic ring is 1. The lowest BCUT2D eigenvalue weighted by molar-refractivity contribution is -0.141. The number of anilines is 1. The number of benzene rings is 1. The number of hydrogen-bond acceptors (Lipinski definition) is 2. The first-order valence-electron chi connectivity index (χ1n) is 6.50. The van der Waals surface area contributed by atoms with E-state index in [0.29, 0.717) is 12.8 Å². The molecule has 1 fully saturated rings. The third-order valence-electron chi connectivity index (χ3n) is 3.92. The van der Waals surface area contributed by atoms with Crippen LogP contribution in [0, 0.1) is 5.92 Å². The van der Waals surface area contributed by atoms with Crippen LogP contribution in [0.1, 0.15) is 42.7 Å². The lowest BCUT2D eigenvalue weighted by Crippen LogP contribution is -2.22. The maximum atomic E-state index is 12.8. The Kier molecular flexibility index (Phi) is 3.92. The van der Waals surface area contributed by atoms with Crippen molar-refractivity contribution >= 4 is 11.7 Å². The van der Waals surface area contributed by atoms with E-state index in [9.17, 15) is 23.1 Å². The van der Waals surface area contributed by atoms with Crippen LogP contribution in [0.15, 0.2) is 18.2 Å². The van der Waals surface area contributed by atoms with E-state index >= 15 is 0 Å². The van der Waals surface area contributed by atoms with E-state index in [0.717, 1.165) is 18.9 Å². The summed E-state index contributed by atoms with van der Waals surface area (Å²) in [5, 5.41) is 9.37. The molecule has 0 aliphatic heterocycles. The molecule has 3 nitrogen and oxygen atoms in total. The van der Waals surface area contributed by atoms with Gasteiger partial charge in [0.2, 0.25) is 0 Å².